The molecule has 0 aromatic carbocycles. The van der Waals surface area contributed by atoms with Gasteiger partial charge in [-0.2, -0.15) is 5.10 Å². The molecule has 2 N–H and O–H groups in total. The first-order valence-corrected chi connectivity index (χ1v) is 6.58. The van der Waals surface area contributed by atoms with E-state index < -0.39 is 0 Å². The number of rotatable bonds is 3. The van der Waals surface area contributed by atoms with Gasteiger partial charge >= 0.3 is 0 Å². The second kappa shape index (κ2) is 8.33. The van der Waals surface area contributed by atoms with Crippen LogP contribution in [0.2, 0.25) is 0 Å². The Morgan fingerprint density at radius 3 is 2.62 bits per heavy atom. The molecule has 0 radical (unpaired) electrons. The van der Waals surface area contributed by atoms with E-state index >= 15 is 0 Å². The Morgan fingerprint density at radius 1 is 1.29 bits per heavy atom. The lowest BCUT2D eigenvalue weighted by molar-refractivity contribution is -0.133. The zero-order chi connectivity index (χ0) is 13.1. The molecule has 21 heavy (non-hydrogen) atoms. The van der Waals surface area contributed by atoms with Crippen LogP contribution in [0.3, 0.4) is 0 Å². The third-order valence-electron chi connectivity index (χ3n) is 3.57. The highest BCUT2D eigenvalue weighted by molar-refractivity contribution is 5.85. The molecule has 1 amide bonds. The summed E-state index contributed by atoms with van der Waals surface area (Å²) >= 11 is 0. The van der Waals surface area contributed by atoms with Crippen molar-refractivity contribution in [3.63, 3.8) is 0 Å². The fourth-order valence-corrected chi connectivity index (χ4v) is 2.48. The van der Waals surface area contributed by atoms with Crippen LogP contribution in [0.1, 0.15) is 5.82 Å². The fraction of sp³-hybridized carbons (Fsp3) is 0.583. The van der Waals surface area contributed by atoms with Crippen molar-refractivity contribution >= 4 is 30.7 Å². The largest absolute Gasteiger partial charge is 0.338 e. The minimum absolute atomic E-state index is 0. The zero-order valence-corrected chi connectivity index (χ0v) is 13.2. The van der Waals surface area contributed by atoms with Crippen molar-refractivity contribution < 1.29 is 4.79 Å². The topological polar surface area (TPSA) is 77.2 Å². The first-order valence-electron chi connectivity index (χ1n) is 6.58. The van der Waals surface area contributed by atoms with Gasteiger partial charge in [-0.25, -0.2) is 4.98 Å². The van der Waals surface area contributed by atoms with Gasteiger partial charge in [-0.3, -0.25) is 20.1 Å². The van der Waals surface area contributed by atoms with Gasteiger partial charge < -0.3 is 4.90 Å². The SMILES string of the molecule is Cl.Cl.O=C(C1C=CCN1)N1CCN(Cc2ncn[nH]2)CC1. The minimum Gasteiger partial charge on any atom is -0.338 e. The number of carbonyl (C=O) groups excluding carboxylic acids is 1. The second-order valence-electron chi connectivity index (χ2n) is 4.85. The van der Waals surface area contributed by atoms with E-state index in [0.29, 0.717) is 0 Å². The molecule has 0 bridgehead atoms. The highest BCUT2D eigenvalue weighted by Gasteiger charge is 2.27. The summed E-state index contributed by atoms with van der Waals surface area (Å²) in [5.74, 6) is 1.06. The molecule has 1 aromatic heterocycles. The Balaban J connectivity index is 0.00000110. The Bertz CT molecular complexity index is 458. The number of halogens is 2. The minimum atomic E-state index is -0.124. The molecule has 1 unspecified atom stereocenters. The molecule has 2 aliphatic rings. The number of nitrogens with zero attached hydrogens (tertiary/aromatic N) is 4. The van der Waals surface area contributed by atoms with Gasteiger partial charge in [-0.1, -0.05) is 12.2 Å². The van der Waals surface area contributed by atoms with Crippen molar-refractivity contribution in [2.24, 2.45) is 0 Å². The van der Waals surface area contributed by atoms with E-state index in [-0.39, 0.29) is 36.8 Å². The van der Waals surface area contributed by atoms with Crippen molar-refractivity contribution in [1.82, 2.24) is 30.3 Å². The quantitative estimate of drug-likeness (QED) is 0.750. The Labute approximate surface area is 136 Å². The molecule has 0 saturated carbocycles. The van der Waals surface area contributed by atoms with E-state index in [2.05, 4.69) is 25.4 Å². The van der Waals surface area contributed by atoms with Crippen LogP contribution in [0, 0.1) is 0 Å². The number of hydrogen-bond donors (Lipinski definition) is 2. The number of carbonyl (C=O) groups is 1. The summed E-state index contributed by atoms with van der Waals surface area (Å²) in [6, 6.07) is -0.124. The van der Waals surface area contributed by atoms with Crippen molar-refractivity contribution in [3.8, 4) is 0 Å². The molecule has 1 saturated heterocycles. The second-order valence-corrected chi connectivity index (χ2v) is 4.85. The van der Waals surface area contributed by atoms with Crippen LogP contribution >= 0.6 is 24.8 Å². The molecule has 3 heterocycles. The predicted molar refractivity (Wildman–Crippen MR) is 83.7 cm³/mol. The molecule has 1 atom stereocenters. The Morgan fingerprint density at radius 2 is 2.05 bits per heavy atom. The molecule has 118 valence electrons. The van der Waals surface area contributed by atoms with Crippen LogP contribution in [0.25, 0.3) is 0 Å². The number of nitrogens with one attached hydrogen (secondary N) is 2. The lowest BCUT2D eigenvalue weighted by atomic mass is 10.2. The molecule has 0 spiro atoms. The average molecular weight is 335 g/mol. The summed E-state index contributed by atoms with van der Waals surface area (Å²) in [4.78, 5) is 20.5. The van der Waals surface area contributed by atoms with Gasteiger partial charge in [0.15, 0.2) is 0 Å². The van der Waals surface area contributed by atoms with Crippen LogP contribution in [0.4, 0.5) is 0 Å². The monoisotopic (exact) mass is 334 g/mol. The van der Waals surface area contributed by atoms with Gasteiger partial charge in [0, 0.05) is 32.7 Å². The Hall–Kier alpha value is -1.15. The molecule has 3 rings (SSSR count). The lowest BCUT2D eigenvalue weighted by Crippen LogP contribution is -2.52. The van der Waals surface area contributed by atoms with Crippen molar-refractivity contribution in [1.29, 1.82) is 0 Å². The number of H-pyrrole nitrogens is 1. The van der Waals surface area contributed by atoms with Gasteiger partial charge in [0.1, 0.15) is 18.2 Å². The maximum atomic E-state index is 12.2. The fourth-order valence-electron chi connectivity index (χ4n) is 2.48. The van der Waals surface area contributed by atoms with E-state index in [9.17, 15) is 4.79 Å². The van der Waals surface area contributed by atoms with Crippen LogP contribution in [0.15, 0.2) is 18.5 Å². The number of aromatic nitrogens is 3. The summed E-state index contributed by atoms with van der Waals surface area (Å²) in [5.41, 5.74) is 0. The third-order valence-corrected chi connectivity index (χ3v) is 3.57. The van der Waals surface area contributed by atoms with Gasteiger partial charge in [0.05, 0.1) is 6.54 Å². The van der Waals surface area contributed by atoms with Crippen LogP contribution < -0.4 is 5.32 Å². The van der Waals surface area contributed by atoms with E-state index in [1.165, 1.54) is 6.33 Å². The number of aromatic amines is 1. The zero-order valence-electron chi connectivity index (χ0n) is 11.6. The molecule has 1 aromatic rings. The third kappa shape index (κ3) is 4.41. The van der Waals surface area contributed by atoms with E-state index in [1.54, 1.807) is 0 Å². The lowest BCUT2D eigenvalue weighted by Gasteiger charge is -2.35. The summed E-state index contributed by atoms with van der Waals surface area (Å²) in [6.45, 7) is 4.87. The average Bonchev–Trinajstić information content (AvgIpc) is 3.12. The van der Waals surface area contributed by atoms with E-state index in [4.69, 9.17) is 0 Å². The normalized spacial score (nSPS) is 21.7. The predicted octanol–water partition coefficient (Wildman–Crippen LogP) is -0.179. The smallest absolute Gasteiger partial charge is 0.243 e. The van der Waals surface area contributed by atoms with Crippen molar-refractivity contribution in [2.45, 2.75) is 12.6 Å². The highest BCUT2D eigenvalue weighted by atomic mass is 35.5. The maximum absolute atomic E-state index is 12.2. The maximum Gasteiger partial charge on any atom is 0.243 e. The highest BCUT2D eigenvalue weighted by Crippen LogP contribution is 2.08. The summed E-state index contributed by atoms with van der Waals surface area (Å²) < 4.78 is 0. The summed E-state index contributed by atoms with van der Waals surface area (Å²) in [5, 5.41) is 9.86. The van der Waals surface area contributed by atoms with E-state index in [1.807, 2.05) is 17.1 Å². The molecular weight excluding hydrogens is 315 g/mol. The number of piperazine rings is 1. The standard InChI is InChI=1S/C12H18N6O.2ClH/c19-12(10-2-1-3-13-10)18-6-4-17(5-7-18)8-11-14-9-15-16-11;;/h1-2,9-10,13H,3-8H2,(H,14,15,16);2*1H. The molecule has 7 nitrogen and oxygen atoms in total. The van der Waals surface area contributed by atoms with Crippen molar-refractivity contribution in [2.75, 3.05) is 32.7 Å². The van der Waals surface area contributed by atoms with Gasteiger partial charge in [-0.15, -0.1) is 24.8 Å². The van der Waals surface area contributed by atoms with Crippen molar-refractivity contribution in [3.05, 3.63) is 24.3 Å². The molecule has 1 fully saturated rings. The summed E-state index contributed by atoms with van der Waals surface area (Å²) in [7, 11) is 0. The van der Waals surface area contributed by atoms with Gasteiger partial charge in [0.25, 0.3) is 0 Å². The van der Waals surface area contributed by atoms with Gasteiger partial charge in [0.2, 0.25) is 5.91 Å². The first kappa shape index (κ1) is 17.9. The number of hydrogen-bond acceptors (Lipinski definition) is 5. The summed E-state index contributed by atoms with van der Waals surface area (Å²) in [6.07, 6.45) is 5.47. The number of amides is 1. The van der Waals surface area contributed by atoms with Crippen LogP contribution in [-0.2, 0) is 11.3 Å². The van der Waals surface area contributed by atoms with Gasteiger partial charge in [-0.05, 0) is 0 Å². The van der Waals surface area contributed by atoms with E-state index in [0.717, 1.165) is 45.1 Å². The first-order chi connectivity index (χ1) is 9.33. The Kier molecular flexibility index (Phi) is 7.10. The molecular formula is C12H20Cl2N6O. The molecule has 2 aliphatic heterocycles. The van der Waals surface area contributed by atoms with Crippen LogP contribution in [0.5, 0.6) is 0 Å². The molecule has 9 heteroatoms. The molecule has 0 aliphatic carbocycles. The van der Waals surface area contributed by atoms with Crippen LogP contribution in [-0.4, -0.2) is 69.7 Å².